The molecule has 24 heavy (non-hydrogen) atoms. The van der Waals surface area contributed by atoms with Gasteiger partial charge in [-0.25, -0.2) is 9.97 Å². The summed E-state index contributed by atoms with van der Waals surface area (Å²) in [6.45, 7) is 4.26. The van der Waals surface area contributed by atoms with Gasteiger partial charge in [0.2, 0.25) is 0 Å². The van der Waals surface area contributed by atoms with E-state index in [1.54, 1.807) is 12.1 Å². The molecule has 0 amide bonds. The molecule has 0 fully saturated rings. The lowest BCUT2D eigenvalue weighted by atomic mass is 9.77. The summed E-state index contributed by atoms with van der Waals surface area (Å²) >= 11 is 18.5. The molecular weight excluding hydrogens is 365 g/mol. The summed E-state index contributed by atoms with van der Waals surface area (Å²) < 4.78 is 0. The smallest absolute Gasteiger partial charge is 0.156 e. The Kier molecular flexibility index (Phi) is 3.47. The van der Waals surface area contributed by atoms with Gasteiger partial charge in [-0.1, -0.05) is 34.8 Å². The standard InChI is InChI=1S/C18H14Cl3N3/c1-18(2)10-6-9(19)4-5-15(10)24(3)17-16(18)22-13-7-11(20)12(21)8-14(13)23-17/h4-8H,1-3H3. The largest absolute Gasteiger partial charge is 0.328 e. The number of halogens is 3. The van der Waals surface area contributed by atoms with Crippen LogP contribution in [0.15, 0.2) is 30.3 Å². The van der Waals surface area contributed by atoms with Crippen LogP contribution in [0.5, 0.6) is 0 Å². The Labute approximate surface area is 155 Å². The number of rotatable bonds is 0. The highest BCUT2D eigenvalue weighted by Crippen LogP contribution is 2.47. The summed E-state index contributed by atoms with van der Waals surface area (Å²) in [4.78, 5) is 11.7. The maximum absolute atomic E-state index is 6.23. The molecule has 6 heteroatoms. The van der Waals surface area contributed by atoms with Crippen LogP contribution in [0.3, 0.4) is 0 Å². The fourth-order valence-corrected chi connectivity index (χ4v) is 3.73. The molecule has 122 valence electrons. The summed E-state index contributed by atoms with van der Waals surface area (Å²) in [6, 6.07) is 9.42. The zero-order chi connectivity index (χ0) is 17.2. The summed E-state index contributed by atoms with van der Waals surface area (Å²) in [5.41, 5.74) is 4.23. The average molecular weight is 379 g/mol. The second-order valence-corrected chi connectivity index (χ2v) is 7.75. The molecule has 1 aromatic heterocycles. The first kappa shape index (κ1) is 15.9. The minimum Gasteiger partial charge on any atom is -0.328 e. The Morgan fingerprint density at radius 3 is 2.21 bits per heavy atom. The summed E-state index contributed by atoms with van der Waals surface area (Å²) in [5, 5.41) is 1.66. The molecule has 3 nitrogen and oxygen atoms in total. The first-order valence-electron chi connectivity index (χ1n) is 7.50. The van der Waals surface area contributed by atoms with E-state index in [0.29, 0.717) is 15.1 Å². The first-order valence-corrected chi connectivity index (χ1v) is 8.63. The molecule has 2 aromatic carbocycles. The van der Waals surface area contributed by atoms with Crippen molar-refractivity contribution in [3.05, 3.63) is 56.7 Å². The van der Waals surface area contributed by atoms with Crippen molar-refractivity contribution in [1.29, 1.82) is 0 Å². The maximum Gasteiger partial charge on any atom is 0.156 e. The Hall–Kier alpha value is -1.55. The lowest BCUT2D eigenvalue weighted by Crippen LogP contribution is -2.32. The molecular formula is C18H14Cl3N3. The van der Waals surface area contributed by atoms with Crippen molar-refractivity contribution < 1.29 is 0 Å². The molecule has 0 spiro atoms. The molecule has 0 saturated heterocycles. The number of fused-ring (bicyclic) bond motifs is 3. The van der Waals surface area contributed by atoms with Crippen LogP contribution in [0.4, 0.5) is 11.5 Å². The lowest BCUT2D eigenvalue weighted by molar-refractivity contribution is 0.604. The molecule has 0 N–H and O–H groups in total. The summed E-state index contributed by atoms with van der Waals surface area (Å²) in [5.74, 6) is 0.820. The van der Waals surface area contributed by atoms with Crippen LogP contribution in [0.25, 0.3) is 11.0 Å². The minimum atomic E-state index is -0.324. The second kappa shape index (κ2) is 5.22. The van der Waals surface area contributed by atoms with E-state index in [2.05, 4.69) is 13.8 Å². The highest BCUT2D eigenvalue weighted by molar-refractivity contribution is 6.42. The normalized spacial score (nSPS) is 15.3. The van der Waals surface area contributed by atoms with Crippen LogP contribution in [-0.4, -0.2) is 17.0 Å². The highest BCUT2D eigenvalue weighted by Gasteiger charge is 2.38. The van der Waals surface area contributed by atoms with Gasteiger partial charge in [-0.3, -0.25) is 0 Å². The van der Waals surface area contributed by atoms with Crippen LogP contribution < -0.4 is 4.90 Å². The summed E-state index contributed by atoms with van der Waals surface area (Å²) in [6.07, 6.45) is 0. The molecule has 2 heterocycles. The first-order chi connectivity index (χ1) is 11.3. The van der Waals surface area contributed by atoms with Crippen LogP contribution in [0, 0.1) is 0 Å². The molecule has 0 saturated carbocycles. The Bertz CT molecular complexity index is 998. The van der Waals surface area contributed by atoms with E-state index in [1.165, 1.54) is 0 Å². The zero-order valence-electron chi connectivity index (χ0n) is 13.4. The molecule has 0 unspecified atom stereocenters. The van der Waals surface area contributed by atoms with Gasteiger partial charge >= 0.3 is 0 Å². The van der Waals surface area contributed by atoms with E-state index < -0.39 is 0 Å². The number of nitrogens with zero attached hydrogens (tertiary/aromatic N) is 3. The minimum absolute atomic E-state index is 0.324. The molecule has 0 aliphatic carbocycles. The maximum atomic E-state index is 6.23. The van der Waals surface area contributed by atoms with Crippen molar-refractivity contribution in [3.8, 4) is 0 Å². The molecule has 3 aromatic rings. The van der Waals surface area contributed by atoms with Crippen LogP contribution >= 0.6 is 34.8 Å². The lowest BCUT2D eigenvalue weighted by Gasteiger charge is -2.38. The van der Waals surface area contributed by atoms with Crippen molar-refractivity contribution in [2.45, 2.75) is 19.3 Å². The third-order valence-corrected chi connectivity index (χ3v) is 5.55. The number of hydrogen-bond donors (Lipinski definition) is 0. The van der Waals surface area contributed by atoms with Gasteiger partial charge in [-0.05, 0) is 49.7 Å². The van der Waals surface area contributed by atoms with Crippen molar-refractivity contribution in [2.24, 2.45) is 0 Å². The van der Waals surface area contributed by atoms with Gasteiger partial charge in [0, 0.05) is 23.2 Å². The fraction of sp³-hybridized carbons (Fsp3) is 0.222. The summed E-state index contributed by atoms with van der Waals surface area (Å²) in [7, 11) is 1.98. The predicted molar refractivity (Wildman–Crippen MR) is 101 cm³/mol. The van der Waals surface area contributed by atoms with E-state index in [-0.39, 0.29) is 5.41 Å². The fourth-order valence-electron chi connectivity index (χ4n) is 3.24. The van der Waals surface area contributed by atoms with Gasteiger partial charge in [-0.2, -0.15) is 0 Å². The van der Waals surface area contributed by atoms with E-state index >= 15 is 0 Å². The van der Waals surface area contributed by atoms with Gasteiger partial charge in [0.25, 0.3) is 0 Å². The van der Waals surface area contributed by atoms with E-state index in [9.17, 15) is 0 Å². The number of anilines is 2. The third kappa shape index (κ3) is 2.19. The second-order valence-electron chi connectivity index (χ2n) is 6.50. The van der Waals surface area contributed by atoms with Crippen LogP contribution in [0.2, 0.25) is 15.1 Å². The zero-order valence-corrected chi connectivity index (χ0v) is 15.6. The molecule has 1 aliphatic heterocycles. The highest BCUT2D eigenvalue weighted by atomic mass is 35.5. The van der Waals surface area contributed by atoms with Gasteiger partial charge < -0.3 is 4.90 Å². The third-order valence-electron chi connectivity index (χ3n) is 4.59. The topological polar surface area (TPSA) is 29.0 Å². The number of aromatic nitrogens is 2. The van der Waals surface area contributed by atoms with Crippen molar-refractivity contribution >= 4 is 57.3 Å². The molecule has 0 bridgehead atoms. The average Bonchev–Trinajstić information content (AvgIpc) is 2.53. The monoisotopic (exact) mass is 377 g/mol. The quantitative estimate of drug-likeness (QED) is 0.480. The van der Waals surface area contributed by atoms with Gasteiger partial charge in [0.1, 0.15) is 0 Å². The number of hydrogen-bond acceptors (Lipinski definition) is 3. The van der Waals surface area contributed by atoms with Crippen LogP contribution in [-0.2, 0) is 5.41 Å². The van der Waals surface area contributed by atoms with Crippen LogP contribution in [0.1, 0.15) is 25.1 Å². The van der Waals surface area contributed by atoms with Gasteiger partial charge in [0.05, 0.1) is 26.8 Å². The molecule has 0 radical (unpaired) electrons. The van der Waals surface area contributed by atoms with Gasteiger partial charge in [0.15, 0.2) is 5.82 Å². The Morgan fingerprint density at radius 2 is 1.54 bits per heavy atom. The predicted octanol–water partition coefficient (Wildman–Crippen LogP) is 6.00. The molecule has 4 rings (SSSR count). The van der Waals surface area contributed by atoms with E-state index in [0.717, 1.165) is 33.8 Å². The molecule has 0 atom stereocenters. The van der Waals surface area contributed by atoms with E-state index in [4.69, 9.17) is 44.8 Å². The number of benzene rings is 2. The van der Waals surface area contributed by atoms with Gasteiger partial charge in [-0.15, -0.1) is 0 Å². The SMILES string of the molecule is CN1c2ccc(Cl)cc2C(C)(C)c2nc3cc(Cl)c(Cl)cc3nc21. The molecule has 1 aliphatic rings. The van der Waals surface area contributed by atoms with Crippen molar-refractivity contribution in [2.75, 3.05) is 11.9 Å². The van der Waals surface area contributed by atoms with Crippen molar-refractivity contribution in [1.82, 2.24) is 9.97 Å². The van der Waals surface area contributed by atoms with E-state index in [1.807, 2.05) is 30.1 Å². The Morgan fingerprint density at radius 1 is 0.917 bits per heavy atom. The van der Waals surface area contributed by atoms with Crippen molar-refractivity contribution in [3.63, 3.8) is 0 Å². The Balaban J connectivity index is 2.06.